The normalized spacial score (nSPS) is 12.8. The topological polar surface area (TPSA) is 29.5 Å². The molecule has 2 heterocycles. The summed E-state index contributed by atoms with van der Waals surface area (Å²) < 4.78 is 7.88. The Hall–Kier alpha value is -1.36. The van der Waals surface area contributed by atoms with Crippen molar-refractivity contribution in [2.24, 2.45) is 0 Å². The van der Waals surface area contributed by atoms with Crippen LogP contribution in [0.5, 0.6) is 5.75 Å². The van der Waals surface area contributed by atoms with Crippen molar-refractivity contribution in [3.05, 3.63) is 51.7 Å². The van der Waals surface area contributed by atoms with Crippen molar-refractivity contribution < 1.29 is 9.84 Å². The Morgan fingerprint density at radius 3 is 2.80 bits per heavy atom. The van der Waals surface area contributed by atoms with Crippen LogP contribution in [0.25, 0.3) is 9.40 Å². The van der Waals surface area contributed by atoms with Crippen molar-refractivity contribution in [1.29, 1.82) is 0 Å². The number of aryl methyl sites for hydroxylation is 1. The Morgan fingerprint density at radius 1 is 1.20 bits per heavy atom. The summed E-state index contributed by atoms with van der Waals surface area (Å²) in [7, 11) is 1.67. The second-order valence-corrected chi connectivity index (χ2v) is 6.90. The van der Waals surface area contributed by atoms with Crippen molar-refractivity contribution in [2.45, 2.75) is 19.4 Å². The average molecular weight is 304 g/mol. The molecule has 20 heavy (non-hydrogen) atoms. The fraction of sp³-hybridized carbons (Fsp3) is 0.250. The Balaban J connectivity index is 1.86. The highest BCUT2D eigenvalue weighted by Crippen LogP contribution is 2.35. The number of hydrogen-bond donors (Lipinski definition) is 1. The maximum absolute atomic E-state index is 10.5. The van der Waals surface area contributed by atoms with Crippen molar-refractivity contribution in [3.8, 4) is 5.75 Å². The number of benzene rings is 1. The zero-order chi connectivity index (χ0) is 14.1. The smallest absolute Gasteiger partial charge is 0.122 e. The first kappa shape index (κ1) is 13.6. The predicted molar refractivity (Wildman–Crippen MR) is 86.1 cm³/mol. The molecule has 0 amide bonds. The van der Waals surface area contributed by atoms with Gasteiger partial charge < -0.3 is 9.84 Å². The summed E-state index contributed by atoms with van der Waals surface area (Å²) in [5, 5.41) is 12.5. The highest BCUT2D eigenvalue weighted by atomic mass is 32.1. The van der Waals surface area contributed by atoms with Crippen molar-refractivity contribution >= 4 is 32.1 Å². The van der Waals surface area contributed by atoms with Gasteiger partial charge in [0.1, 0.15) is 5.75 Å². The standard InChI is InChI=1S/C16H16O2S2/c1-10-3-4-13(18-2)11(7-10)8-12(17)15-9-16-14(20-15)5-6-19-16/h3-7,9,12,17H,8H2,1-2H3. The van der Waals surface area contributed by atoms with E-state index in [9.17, 15) is 5.11 Å². The number of aliphatic hydroxyl groups excluding tert-OH is 1. The van der Waals surface area contributed by atoms with Crippen LogP contribution in [0.4, 0.5) is 0 Å². The van der Waals surface area contributed by atoms with E-state index in [0.717, 1.165) is 16.2 Å². The molecule has 2 aromatic heterocycles. The average Bonchev–Trinajstić information content (AvgIpc) is 2.99. The van der Waals surface area contributed by atoms with Crippen LogP contribution >= 0.6 is 22.7 Å². The van der Waals surface area contributed by atoms with Gasteiger partial charge in [-0.05, 0) is 36.1 Å². The van der Waals surface area contributed by atoms with Crippen LogP contribution in [0, 0.1) is 6.92 Å². The highest BCUT2D eigenvalue weighted by molar-refractivity contribution is 7.26. The molecule has 4 heteroatoms. The molecule has 3 aromatic rings. The number of ether oxygens (including phenoxy) is 1. The molecule has 3 rings (SSSR count). The fourth-order valence-corrected chi connectivity index (χ4v) is 4.43. The van der Waals surface area contributed by atoms with Crippen LogP contribution in [0.2, 0.25) is 0 Å². The summed E-state index contributed by atoms with van der Waals surface area (Å²) in [6, 6.07) is 10.3. The van der Waals surface area contributed by atoms with E-state index in [1.807, 2.05) is 12.1 Å². The first-order valence-corrected chi connectivity index (χ1v) is 8.15. The summed E-state index contributed by atoms with van der Waals surface area (Å²) in [5.41, 5.74) is 2.23. The van der Waals surface area contributed by atoms with E-state index in [1.165, 1.54) is 15.0 Å². The quantitative estimate of drug-likeness (QED) is 0.766. The Morgan fingerprint density at radius 2 is 2.05 bits per heavy atom. The molecule has 1 aromatic carbocycles. The minimum atomic E-state index is -0.477. The first-order chi connectivity index (χ1) is 9.67. The number of aliphatic hydroxyl groups is 1. The summed E-state index contributed by atoms with van der Waals surface area (Å²) >= 11 is 3.39. The Labute approximate surface area is 126 Å². The lowest BCUT2D eigenvalue weighted by molar-refractivity contribution is 0.181. The van der Waals surface area contributed by atoms with Gasteiger partial charge in [0.05, 0.1) is 13.2 Å². The van der Waals surface area contributed by atoms with Gasteiger partial charge in [-0.15, -0.1) is 22.7 Å². The molecule has 104 valence electrons. The summed E-state index contributed by atoms with van der Waals surface area (Å²) in [5.74, 6) is 0.841. The van der Waals surface area contributed by atoms with Gasteiger partial charge in [0.15, 0.2) is 0 Å². The van der Waals surface area contributed by atoms with E-state index >= 15 is 0 Å². The lowest BCUT2D eigenvalue weighted by Gasteiger charge is -2.13. The molecule has 0 aliphatic rings. The van der Waals surface area contributed by atoms with Crippen LogP contribution in [-0.2, 0) is 6.42 Å². The maximum Gasteiger partial charge on any atom is 0.122 e. The maximum atomic E-state index is 10.5. The van der Waals surface area contributed by atoms with Gasteiger partial charge in [-0.1, -0.05) is 17.7 Å². The van der Waals surface area contributed by atoms with Gasteiger partial charge in [0.2, 0.25) is 0 Å². The molecule has 2 nitrogen and oxygen atoms in total. The number of fused-ring (bicyclic) bond motifs is 1. The van der Waals surface area contributed by atoms with Crippen molar-refractivity contribution in [2.75, 3.05) is 7.11 Å². The molecule has 1 N–H and O–H groups in total. The highest BCUT2D eigenvalue weighted by Gasteiger charge is 2.15. The molecule has 0 aliphatic heterocycles. The number of hydrogen-bond acceptors (Lipinski definition) is 4. The van der Waals surface area contributed by atoms with E-state index < -0.39 is 6.10 Å². The lowest BCUT2D eigenvalue weighted by atomic mass is 10.0. The monoisotopic (exact) mass is 304 g/mol. The third-order valence-electron chi connectivity index (χ3n) is 3.34. The minimum absolute atomic E-state index is 0.477. The summed E-state index contributed by atoms with van der Waals surface area (Å²) in [6.07, 6.45) is 0.105. The Kier molecular flexibility index (Phi) is 3.78. The van der Waals surface area contributed by atoms with E-state index in [0.29, 0.717) is 6.42 Å². The largest absolute Gasteiger partial charge is 0.496 e. The van der Waals surface area contributed by atoms with E-state index in [1.54, 1.807) is 29.8 Å². The molecule has 1 atom stereocenters. The second-order valence-electron chi connectivity index (χ2n) is 4.83. The number of rotatable bonds is 4. The van der Waals surface area contributed by atoms with Crippen molar-refractivity contribution in [3.63, 3.8) is 0 Å². The Bertz CT molecular complexity index is 698. The molecule has 0 bridgehead atoms. The molecule has 0 saturated heterocycles. The zero-order valence-corrected chi connectivity index (χ0v) is 13.1. The van der Waals surface area contributed by atoms with Gasteiger partial charge in [-0.25, -0.2) is 0 Å². The fourth-order valence-electron chi connectivity index (χ4n) is 2.32. The first-order valence-electron chi connectivity index (χ1n) is 6.46. The van der Waals surface area contributed by atoms with Crippen LogP contribution in [0.1, 0.15) is 22.1 Å². The summed E-state index contributed by atoms with van der Waals surface area (Å²) in [6.45, 7) is 2.05. The van der Waals surface area contributed by atoms with Gasteiger partial charge in [0.25, 0.3) is 0 Å². The van der Waals surface area contributed by atoms with Crippen LogP contribution in [-0.4, -0.2) is 12.2 Å². The lowest BCUT2D eigenvalue weighted by Crippen LogP contribution is -2.02. The molecule has 0 aliphatic carbocycles. The summed E-state index contributed by atoms with van der Waals surface area (Å²) in [4.78, 5) is 1.02. The molecule has 0 fully saturated rings. The number of thiophene rings is 2. The van der Waals surface area contributed by atoms with E-state index in [2.05, 4.69) is 30.5 Å². The van der Waals surface area contributed by atoms with Gasteiger partial charge in [-0.3, -0.25) is 0 Å². The third kappa shape index (κ3) is 2.59. The molecule has 1 unspecified atom stereocenters. The molecular formula is C16H16O2S2. The van der Waals surface area contributed by atoms with Crippen LogP contribution in [0.3, 0.4) is 0 Å². The predicted octanol–water partition coefficient (Wildman–Crippen LogP) is 4.56. The number of methoxy groups -OCH3 is 1. The van der Waals surface area contributed by atoms with E-state index in [4.69, 9.17) is 4.74 Å². The third-order valence-corrected chi connectivity index (χ3v) is 5.53. The van der Waals surface area contributed by atoms with Crippen LogP contribution < -0.4 is 4.74 Å². The molecule has 0 radical (unpaired) electrons. The van der Waals surface area contributed by atoms with Gasteiger partial charge in [-0.2, -0.15) is 0 Å². The minimum Gasteiger partial charge on any atom is -0.496 e. The van der Waals surface area contributed by atoms with Crippen LogP contribution in [0.15, 0.2) is 35.7 Å². The SMILES string of the molecule is COc1ccc(C)cc1CC(O)c1cc2sccc2s1. The van der Waals surface area contributed by atoms with Gasteiger partial charge in [0, 0.05) is 20.7 Å². The molecular weight excluding hydrogens is 288 g/mol. The van der Waals surface area contributed by atoms with E-state index in [-0.39, 0.29) is 0 Å². The van der Waals surface area contributed by atoms with Gasteiger partial charge >= 0.3 is 0 Å². The van der Waals surface area contributed by atoms with Crippen molar-refractivity contribution in [1.82, 2.24) is 0 Å². The molecule has 0 spiro atoms. The second kappa shape index (κ2) is 5.56. The molecule has 0 saturated carbocycles. The zero-order valence-electron chi connectivity index (χ0n) is 11.4.